The van der Waals surface area contributed by atoms with Gasteiger partial charge in [0.25, 0.3) is 0 Å². The summed E-state index contributed by atoms with van der Waals surface area (Å²) in [5.74, 6) is 1.70. The molecule has 0 saturated heterocycles. The van der Waals surface area contributed by atoms with E-state index in [9.17, 15) is 0 Å². The zero-order valence-corrected chi connectivity index (χ0v) is 13.9. The van der Waals surface area contributed by atoms with Crippen molar-refractivity contribution in [3.05, 3.63) is 0 Å². The molecule has 0 aromatic rings. The molecule has 0 heterocycles. The summed E-state index contributed by atoms with van der Waals surface area (Å²) in [6.45, 7) is 9.05. The van der Waals surface area contributed by atoms with Crippen molar-refractivity contribution < 1.29 is 4.74 Å². The Bertz CT molecular complexity index is 271. The standard InChI is InChI=1S/C18H35NO/c1-4-16-10-12-18(13-11-16,14-19-5-2)20-17-9-7-6-8-15(17)3/h15-17,19H,4-14H2,1-3H3. The van der Waals surface area contributed by atoms with E-state index < -0.39 is 0 Å². The van der Waals surface area contributed by atoms with Gasteiger partial charge in [0, 0.05) is 6.54 Å². The van der Waals surface area contributed by atoms with Gasteiger partial charge in [-0.05, 0) is 56.9 Å². The first-order chi connectivity index (χ1) is 9.69. The molecule has 0 bridgehead atoms. The lowest BCUT2D eigenvalue weighted by Crippen LogP contribution is -2.49. The van der Waals surface area contributed by atoms with Crippen LogP contribution in [0, 0.1) is 11.8 Å². The fourth-order valence-electron chi connectivity index (χ4n) is 4.08. The van der Waals surface area contributed by atoms with E-state index in [1.807, 2.05) is 0 Å². The topological polar surface area (TPSA) is 21.3 Å². The number of likely N-dealkylation sites (N-methyl/N-ethyl adjacent to an activating group) is 1. The molecule has 0 radical (unpaired) electrons. The number of ether oxygens (including phenoxy) is 1. The first-order valence-corrected chi connectivity index (χ1v) is 9.07. The van der Waals surface area contributed by atoms with Crippen molar-refractivity contribution in [2.75, 3.05) is 13.1 Å². The first kappa shape index (κ1) is 16.3. The van der Waals surface area contributed by atoms with Crippen LogP contribution in [-0.2, 0) is 4.74 Å². The minimum absolute atomic E-state index is 0.137. The molecule has 2 atom stereocenters. The Kier molecular flexibility index (Phi) is 6.35. The lowest BCUT2D eigenvalue weighted by atomic mass is 9.77. The van der Waals surface area contributed by atoms with Crippen LogP contribution in [0.1, 0.15) is 78.6 Å². The van der Waals surface area contributed by atoms with Gasteiger partial charge in [-0.2, -0.15) is 0 Å². The molecule has 2 aliphatic carbocycles. The quantitative estimate of drug-likeness (QED) is 0.772. The SMILES string of the molecule is CCNCC1(OC2CCCCC2C)CCC(CC)CC1. The summed E-state index contributed by atoms with van der Waals surface area (Å²) in [6.07, 6.45) is 12.5. The maximum atomic E-state index is 6.76. The van der Waals surface area contributed by atoms with Crippen LogP contribution in [0.4, 0.5) is 0 Å². The zero-order valence-electron chi connectivity index (χ0n) is 13.9. The molecule has 0 aliphatic heterocycles. The van der Waals surface area contributed by atoms with Crippen molar-refractivity contribution in [3.8, 4) is 0 Å². The van der Waals surface area contributed by atoms with Crippen molar-refractivity contribution in [3.63, 3.8) is 0 Å². The van der Waals surface area contributed by atoms with E-state index in [0.29, 0.717) is 6.10 Å². The Morgan fingerprint density at radius 1 is 1.05 bits per heavy atom. The number of nitrogens with one attached hydrogen (secondary N) is 1. The molecular formula is C18H35NO. The molecule has 2 fully saturated rings. The molecule has 2 heteroatoms. The minimum atomic E-state index is 0.137. The molecule has 20 heavy (non-hydrogen) atoms. The second kappa shape index (κ2) is 7.79. The molecule has 2 nitrogen and oxygen atoms in total. The summed E-state index contributed by atoms with van der Waals surface area (Å²) in [5.41, 5.74) is 0.137. The number of hydrogen-bond acceptors (Lipinski definition) is 2. The molecule has 2 unspecified atom stereocenters. The van der Waals surface area contributed by atoms with Gasteiger partial charge in [0.2, 0.25) is 0 Å². The van der Waals surface area contributed by atoms with Gasteiger partial charge in [0.15, 0.2) is 0 Å². The third kappa shape index (κ3) is 4.21. The summed E-state index contributed by atoms with van der Waals surface area (Å²) in [5, 5.41) is 3.57. The second-order valence-electron chi connectivity index (χ2n) is 7.23. The van der Waals surface area contributed by atoms with E-state index in [1.165, 1.54) is 57.8 Å². The Morgan fingerprint density at radius 3 is 2.35 bits per heavy atom. The fraction of sp³-hybridized carbons (Fsp3) is 1.00. The molecule has 0 spiro atoms. The summed E-state index contributed by atoms with van der Waals surface area (Å²) in [7, 11) is 0. The fourth-order valence-corrected chi connectivity index (χ4v) is 4.08. The smallest absolute Gasteiger partial charge is 0.0810 e. The van der Waals surface area contributed by atoms with Crippen LogP contribution < -0.4 is 5.32 Å². The highest BCUT2D eigenvalue weighted by Gasteiger charge is 2.39. The van der Waals surface area contributed by atoms with Crippen molar-refractivity contribution in [2.24, 2.45) is 11.8 Å². The Labute approximate surface area is 126 Å². The predicted octanol–water partition coefficient (Wildman–Crippen LogP) is 4.53. The van der Waals surface area contributed by atoms with Crippen LogP contribution >= 0.6 is 0 Å². The van der Waals surface area contributed by atoms with Crippen molar-refractivity contribution in [2.45, 2.75) is 90.3 Å². The highest BCUT2D eigenvalue weighted by atomic mass is 16.5. The normalized spacial score (nSPS) is 38.9. The Morgan fingerprint density at radius 2 is 1.75 bits per heavy atom. The van der Waals surface area contributed by atoms with Crippen LogP contribution in [0.3, 0.4) is 0 Å². The van der Waals surface area contributed by atoms with E-state index in [2.05, 4.69) is 26.1 Å². The number of rotatable bonds is 6. The van der Waals surface area contributed by atoms with Gasteiger partial charge in [0.1, 0.15) is 0 Å². The first-order valence-electron chi connectivity index (χ1n) is 9.07. The van der Waals surface area contributed by atoms with E-state index in [4.69, 9.17) is 4.74 Å². The van der Waals surface area contributed by atoms with Gasteiger partial charge in [-0.25, -0.2) is 0 Å². The highest BCUT2D eigenvalue weighted by molar-refractivity contribution is 4.91. The lowest BCUT2D eigenvalue weighted by molar-refractivity contribution is -0.142. The minimum Gasteiger partial charge on any atom is -0.370 e. The maximum absolute atomic E-state index is 6.76. The third-order valence-electron chi connectivity index (χ3n) is 5.73. The van der Waals surface area contributed by atoms with Crippen molar-refractivity contribution in [1.82, 2.24) is 5.32 Å². The highest BCUT2D eigenvalue weighted by Crippen LogP contribution is 2.39. The van der Waals surface area contributed by atoms with Gasteiger partial charge < -0.3 is 10.1 Å². The van der Waals surface area contributed by atoms with Crippen LogP contribution in [0.25, 0.3) is 0 Å². The van der Waals surface area contributed by atoms with Crippen LogP contribution in [0.5, 0.6) is 0 Å². The molecule has 2 saturated carbocycles. The van der Waals surface area contributed by atoms with E-state index in [1.54, 1.807) is 0 Å². The summed E-state index contributed by atoms with van der Waals surface area (Å²) in [4.78, 5) is 0. The Balaban J connectivity index is 1.95. The molecule has 0 amide bonds. The van der Waals surface area contributed by atoms with Gasteiger partial charge in [-0.15, -0.1) is 0 Å². The monoisotopic (exact) mass is 281 g/mol. The summed E-state index contributed by atoms with van der Waals surface area (Å²) < 4.78 is 6.76. The molecule has 0 aromatic carbocycles. The van der Waals surface area contributed by atoms with Crippen LogP contribution in [0.15, 0.2) is 0 Å². The van der Waals surface area contributed by atoms with E-state index in [-0.39, 0.29) is 5.60 Å². The zero-order chi connectivity index (χ0) is 14.4. The molecule has 1 N–H and O–H groups in total. The second-order valence-corrected chi connectivity index (χ2v) is 7.23. The van der Waals surface area contributed by atoms with Crippen molar-refractivity contribution >= 4 is 0 Å². The van der Waals surface area contributed by atoms with E-state index in [0.717, 1.165) is 24.9 Å². The summed E-state index contributed by atoms with van der Waals surface area (Å²) in [6, 6.07) is 0. The number of hydrogen-bond donors (Lipinski definition) is 1. The third-order valence-corrected chi connectivity index (χ3v) is 5.73. The average Bonchev–Trinajstić information content (AvgIpc) is 2.48. The van der Waals surface area contributed by atoms with Gasteiger partial charge in [-0.1, -0.05) is 40.0 Å². The van der Waals surface area contributed by atoms with Crippen molar-refractivity contribution in [1.29, 1.82) is 0 Å². The van der Waals surface area contributed by atoms with Gasteiger partial charge in [-0.3, -0.25) is 0 Å². The van der Waals surface area contributed by atoms with Gasteiger partial charge in [0.05, 0.1) is 11.7 Å². The van der Waals surface area contributed by atoms with Crippen LogP contribution in [-0.4, -0.2) is 24.8 Å². The lowest BCUT2D eigenvalue weighted by Gasteiger charge is -2.44. The molecule has 118 valence electrons. The largest absolute Gasteiger partial charge is 0.370 e. The maximum Gasteiger partial charge on any atom is 0.0810 e. The molecular weight excluding hydrogens is 246 g/mol. The Hall–Kier alpha value is -0.0800. The predicted molar refractivity (Wildman–Crippen MR) is 86.0 cm³/mol. The molecule has 2 rings (SSSR count). The van der Waals surface area contributed by atoms with Gasteiger partial charge >= 0.3 is 0 Å². The van der Waals surface area contributed by atoms with E-state index >= 15 is 0 Å². The van der Waals surface area contributed by atoms with Crippen LogP contribution in [0.2, 0.25) is 0 Å². The summed E-state index contributed by atoms with van der Waals surface area (Å²) >= 11 is 0. The molecule has 2 aliphatic rings. The molecule has 0 aromatic heterocycles. The average molecular weight is 281 g/mol.